The third kappa shape index (κ3) is 3.80. The predicted octanol–water partition coefficient (Wildman–Crippen LogP) is 4.67. The van der Waals surface area contributed by atoms with Gasteiger partial charge in [-0.05, 0) is 38.8 Å². The number of non-ortho nitro benzene ring substituents is 1. The molecule has 6 nitrogen and oxygen atoms in total. The Kier molecular flexibility index (Phi) is 5.13. The molecule has 3 aromatic rings. The largest absolute Gasteiger partial charge is 0.483 e. The molecule has 0 aliphatic heterocycles. The second kappa shape index (κ2) is 7.49. The fourth-order valence-corrected chi connectivity index (χ4v) is 2.98. The van der Waals surface area contributed by atoms with E-state index in [4.69, 9.17) is 4.74 Å². The Morgan fingerprint density at radius 2 is 1.96 bits per heavy atom. The molecule has 0 saturated heterocycles. The number of nitrogens with zero attached hydrogens (tertiary/aromatic N) is 1. The number of carbonyl (C=O) groups is 1. The summed E-state index contributed by atoms with van der Waals surface area (Å²) in [5, 5.41) is 15.0. The van der Waals surface area contributed by atoms with Crippen molar-refractivity contribution < 1.29 is 18.8 Å². The summed E-state index contributed by atoms with van der Waals surface area (Å²) in [6, 6.07) is 14.1. The zero-order chi connectivity index (χ0) is 18.7. The third-order valence-electron chi connectivity index (χ3n) is 3.62. The van der Waals surface area contributed by atoms with Gasteiger partial charge in [-0.15, -0.1) is 0 Å². The SMILES string of the molecule is O=C(COc1ccc2ccccc2c1Br)Nc1cc([N+](=O)[O-])ccc1F. The number of carbonyl (C=O) groups excluding carboxylic acids is 1. The van der Waals surface area contributed by atoms with Crippen LogP contribution in [-0.4, -0.2) is 17.4 Å². The third-order valence-corrected chi connectivity index (χ3v) is 4.44. The van der Waals surface area contributed by atoms with Crippen LogP contribution in [0.1, 0.15) is 0 Å². The molecular formula is C18H12BrFN2O4. The van der Waals surface area contributed by atoms with Gasteiger partial charge in [0.25, 0.3) is 11.6 Å². The Morgan fingerprint density at radius 1 is 1.19 bits per heavy atom. The van der Waals surface area contributed by atoms with Crippen LogP contribution < -0.4 is 10.1 Å². The van der Waals surface area contributed by atoms with Crippen LogP contribution in [0.3, 0.4) is 0 Å². The quantitative estimate of drug-likeness (QED) is 0.482. The van der Waals surface area contributed by atoms with Crippen molar-refractivity contribution in [2.45, 2.75) is 0 Å². The number of benzene rings is 3. The van der Waals surface area contributed by atoms with E-state index in [1.54, 1.807) is 6.07 Å². The summed E-state index contributed by atoms with van der Waals surface area (Å²) < 4.78 is 19.9. The van der Waals surface area contributed by atoms with Gasteiger partial charge in [0.1, 0.15) is 11.6 Å². The van der Waals surface area contributed by atoms with Crippen molar-refractivity contribution in [3.63, 3.8) is 0 Å². The van der Waals surface area contributed by atoms with Gasteiger partial charge < -0.3 is 10.1 Å². The molecule has 0 bridgehead atoms. The van der Waals surface area contributed by atoms with Crippen molar-refractivity contribution in [1.29, 1.82) is 0 Å². The van der Waals surface area contributed by atoms with E-state index < -0.39 is 16.6 Å². The van der Waals surface area contributed by atoms with E-state index in [2.05, 4.69) is 21.2 Å². The van der Waals surface area contributed by atoms with E-state index in [0.29, 0.717) is 10.2 Å². The summed E-state index contributed by atoms with van der Waals surface area (Å²) in [4.78, 5) is 22.1. The number of ether oxygens (including phenoxy) is 1. The van der Waals surface area contributed by atoms with Gasteiger partial charge in [0.15, 0.2) is 6.61 Å². The number of amides is 1. The summed E-state index contributed by atoms with van der Waals surface area (Å²) in [6.45, 7) is -0.376. The molecule has 0 heterocycles. The van der Waals surface area contributed by atoms with E-state index in [0.717, 1.165) is 29.0 Å². The highest BCUT2D eigenvalue weighted by Gasteiger charge is 2.14. The topological polar surface area (TPSA) is 81.5 Å². The molecule has 0 aliphatic rings. The molecule has 1 amide bonds. The monoisotopic (exact) mass is 418 g/mol. The lowest BCUT2D eigenvalue weighted by Gasteiger charge is -2.11. The van der Waals surface area contributed by atoms with E-state index >= 15 is 0 Å². The van der Waals surface area contributed by atoms with Gasteiger partial charge in [0.2, 0.25) is 0 Å². The zero-order valence-corrected chi connectivity index (χ0v) is 14.8. The highest BCUT2D eigenvalue weighted by Crippen LogP contribution is 2.33. The van der Waals surface area contributed by atoms with Crippen LogP contribution in [-0.2, 0) is 4.79 Å². The van der Waals surface area contributed by atoms with Crippen LogP contribution >= 0.6 is 15.9 Å². The van der Waals surface area contributed by atoms with E-state index in [9.17, 15) is 19.3 Å². The molecule has 3 rings (SSSR count). The lowest BCUT2D eigenvalue weighted by molar-refractivity contribution is -0.384. The van der Waals surface area contributed by atoms with Crippen LogP contribution in [0.2, 0.25) is 0 Å². The van der Waals surface area contributed by atoms with Gasteiger partial charge in [-0.2, -0.15) is 0 Å². The molecule has 0 aromatic heterocycles. The summed E-state index contributed by atoms with van der Waals surface area (Å²) in [5.41, 5.74) is -0.592. The van der Waals surface area contributed by atoms with Crippen molar-refractivity contribution in [2.75, 3.05) is 11.9 Å². The molecule has 0 radical (unpaired) electrons. The average Bonchev–Trinajstić information content (AvgIpc) is 2.63. The van der Waals surface area contributed by atoms with Crippen molar-refractivity contribution >= 4 is 44.0 Å². The molecule has 0 unspecified atom stereocenters. The molecule has 8 heteroatoms. The number of halogens is 2. The number of fused-ring (bicyclic) bond motifs is 1. The van der Waals surface area contributed by atoms with Gasteiger partial charge in [0, 0.05) is 12.1 Å². The summed E-state index contributed by atoms with van der Waals surface area (Å²) >= 11 is 3.44. The molecule has 0 aliphatic carbocycles. The maximum atomic E-state index is 13.7. The second-order valence-electron chi connectivity index (χ2n) is 5.36. The van der Waals surface area contributed by atoms with Gasteiger partial charge in [-0.1, -0.05) is 30.3 Å². The highest BCUT2D eigenvalue weighted by atomic mass is 79.9. The first kappa shape index (κ1) is 17.8. The van der Waals surface area contributed by atoms with Crippen LogP contribution in [0.25, 0.3) is 10.8 Å². The van der Waals surface area contributed by atoms with Crippen molar-refractivity contribution in [2.24, 2.45) is 0 Å². The number of anilines is 1. The normalized spacial score (nSPS) is 10.5. The molecule has 132 valence electrons. The van der Waals surface area contributed by atoms with E-state index in [-0.39, 0.29) is 18.0 Å². The number of nitrogens with one attached hydrogen (secondary N) is 1. The lowest BCUT2D eigenvalue weighted by atomic mass is 10.1. The molecule has 0 fully saturated rings. The molecular weight excluding hydrogens is 407 g/mol. The van der Waals surface area contributed by atoms with Crippen molar-refractivity contribution in [1.82, 2.24) is 0 Å². The minimum Gasteiger partial charge on any atom is -0.483 e. The molecule has 3 aromatic carbocycles. The number of rotatable bonds is 5. The number of nitro groups is 1. The Hall–Kier alpha value is -3.00. The van der Waals surface area contributed by atoms with E-state index in [1.807, 2.05) is 30.3 Å². The average molecular weight is 419 g/mol. The molecule has 0 spiro atoms. The number of hydrogen-bond acceptors (Lipinski definition) is 4. The van der Waals surface area contributed by atoms with Gasteiger partial charge in [-0.3, -0.25) is 14.9 Å². The zero-order valence-electron chi connectivity index (χ0n) is 13.2. The Bertz CT molecular complexity index is 1010. The second-order valence-corrected chi connectivity index (χ2v) is 6.15. The lowest BCUT2D eigenvalue weighted by Crippen LogP contribution is -2.21. The van der Waals surface area contributed by atoms with Crippen molar-refractivity contribution in [3.8, 4) is 5.75 Å². The fourth-order valence-electron chi connectivity index (χ4n) is 2.38. The van der Waals surface area contributed by atoms with Crippen LogP contribution in [0.5, 0.6) is 5.75 Å². The highest BCUT2D eigenvalue weighted by molar-refractivity contribution is 9.10. The van der Waals surface area contributed by atoms with Crippen molar-refractivity contribution in [3.05, 3.63) is 75.0 Å². The Morgan fingerprint density at radius 3 is 2.73 bits per heavy atom. The van der Waals surface area contributed by atoms with Crippen LogP contribution in [0.15, 0.2) is 59.1 Å². The number of nitro benzene ring substituents is 1. The summed E-state index contributed by atoms with van der Waals surface area (Å²) in [6.07, 6.45) is 0. The van der Waals surface area contributed by atoms with E-state index in [1.165, 1.54) is 0 Å². The summed E-state index contributed by atoms with van der Waals surface area (Å²) in [5.74, 6) is -0.946. The minimum absolute atomic E-state index is 0.273. The maximum absolute atomic E-state index is 13.7. The molecule has 0 saturated carbocycles. The predicted molar refractivity (Wildman–Crippen MR) is 98.8 cm³/mol. The summed E-state index contributed by atoms with van der Waals surface area (Å²) in [7, 11) is 0. The Balaban J connectivity index is 1.71. The standard InChI is InChI=1S/C18H12BrFN2O4/c19-18-13-4-2-1-3-11(13)5-8-16(18)26-10-17(23)21-15-9-12(22(24)25)6-7-14(15)20/h1-9H,10H2,(H,21,23). The molecule has 26 heavy (non-hydrogen) atoms. The first-order chi connectivity index (χ1) is 12.5. The fraction of sp³-hybridized carbons (Fsp3) is 0.0556. The minimum atomic E-state index is -0.768. The molecule has 0 atom stereocenters. The van der Waals surface area contributed by atoms with Gasteiger partial charge >= 0.3 is 0 Å². The number of hydrogen-bond donors (Lipinski definition) is 1. The Labute approximate surface area is 155 Å². The molecule has 1 N–H and O–H groups in total. The van der Waals surface area contributed by atoms with Crippen LogP contribution in [0.4, 0.5) is 15.8 Å². The first-order valence-electron chi connectivity index (χ1n) is 7.49. The smallest absolute Gasteiger partial charge is 0.271 e. The van der Waals surface area contributed by atoms with Gasteiger partial charge in [-0.25, -0.2) is 4.39 Å². The first-order valence-corrected chi connectivity index (χ1v) is 8.29. The maximum Gasteiger partial charge on any atom is 0.271 e. The van der Waals surface area contributed by atoms with Crippen LogP contribution in [0, 0.1) is 15.9 Å². The van der Waals surface area contributed by atoms with Gasteiger partial charge in [0.05, 0.1) is 15.1 Å².